The summed E-state index contributed by atoms with van der Waals surface area (Å²) in [4.78, 5) is 11.7. The van der Waals surface area contributed by atoms with Crippen molar-refractivity contribution in [3.63, 3.8) is 0 Å². The number of hydrogen-bond donors (Lipinski definition) is 1. The molecule has 1 aliphatic carbocycles. The van der Waals surface area contributed by atoms with Crippen molar-refractivity contribution in [2.75, 3.05) is 0 Å². The minimum Gasteiger partial charge on any atom is -0.472 e. The molecule has 2 rings (SSSR count). The molecule has 0 spiro atoms. The van der Waals surface area contributed by atoms with Gasteiger partial charge in [-0.3, -0.25) is 4.79 Å². The lowest BCUT2D eigenvalue weighted by molar-refractivity contribution is 0.0920. The van der Waals surface area contributed by atoms with Gasteiger partial charge in [0.1, 0.15) is 11.8 Å². The van der Waals surface area contributed by atoms with E-state index in [9.17, 15) is 4.79 Å². The van der Waals surface area contributed by atoms with Crippen molar-refractivity contribution >= 4 is 5.91 Å². The molecular formula is C11H12N2O2. The zero-order chi connectivity index (χ0) is 10.7. The van der Waals surface area contributed by atoms with Crippen LogP contribution in [0, 0.1) is 11.3 Å². The molecule has 1 amide bonds. The van der Waals surface area contributed by atoms with Gasteiger partial charge in [0.15, 0.2) is 0 Å². The van der Waals surface area contributed by atoms with E-state index in [1.54, 1.807) is 6.07 Å². The predicted molar refractivity (Wildman–Crippen MR) is 53.0 cm³/mol. The van der Waals surface area contributed by atoms with Crippen LogP contribution in [0.3, 0.4) is 0 Å². The number of carbonyl (C=O) groups is 1. The largest absolute Gasteiger partial charge is 0.472 e. The minimum atomic E-state index is -0.658. The van der Waals surface area contributed by atoms with E-state index in [2.05, 4.69) is 11.4 Å². The van der Waals surface area contributed by atoms with E-state index >= 15 is 0 Å². The Morgan fingerprint density at radius 3 is 2.80 bits per heavy atom. The van der Waals surface area contributed by atoms with Gasteiger partial charge in [0.25, 0.3) is 5.91 Å². The van der Waals surface area contributed by atoms with Crippen LogP contribution in [0.2, 0.25) is 0 Å². The molecule has 1 aromatic heterocycles. The highest BCUT2D eigenvalue weighted by atomic mass is 16.3. The van der Waals surface area contributed by atoms with E-state index in [1.807, 2.05) is 0 Å². The van der Waals surface area contributed by atoms with Crippen molar-refractivity contribution in [2.24, 2.45) is 0 Å². The van der Waals surface area contributed by atoms with Crippen LogP contribution >= 0.6 is 0 Å². The normalized spacial score (nSPS) is 18.3. The standard InChI is InChI=1S/C11H12N2O2/c12-8-11(4-1-2-5-11)13-10(14)9-3-6-15-7-9/h3,6-7H,1-2,4-5H2,(H,13,14). The van der Waals surface area contributed by atoms with Gasteiger partial charge in [-0.2, -0.15) is 5.26 Å². The molecule has 1 fully saturated rings. The number of rotatable bonds is 2. The lowest BCUT2D eigenvalue weighted by Gasteiger charge is -2.21. The first-order valence-corrected chi connectivity index (χ1v) is 5.02. The molecule has 0 unspecified atom stereocenters. The van der Waals surface area contributed by atoms with E-state index in [0.717, 1.165) is 25.7 Å². The van der Waals surface area contributed by atoms with Gasteiger partial charge in [-0.15, -0.1) is 0 Å². The molecule has 1 N–H and O–H groups in total. The predicted octanol–water partition coefficient (Wildman–Crippen LogP) is 1.85. The highest BCUT2D eigenvalue weighted by Crippen LogP contribution is 2.29. The second-order valence-corrected chi connectivity index (χ2v) is 3.87. The number of furan rings is 1. The molecule has 1 aromatic rings. The molecule has 0 aromatic carbocycles. The Kier molecular flexibility index (Phi) is 2.46. The summed E-state index contributed by atoms with van der Waals surface area (Å²) in [5.74, 6) is -0.229. The molecular weight excluding hydrogens is 192 g/mol. The van der Waals surface area contributed by atoms with Gasteiger partial charge in [-0.25, -0.2) is 0 Å². The van der Waals surface area contributed by atoms with Crippen LogP contribution < -0.4 is 5.32 Å². The summed E-state index contributed by atoms with van der Waals surface area (Å²) in [5, 5.41) is 11.9. The third-order valence-electron chi connectivity index (χ3n) is 2.81. The second kappa shape index (κ2) is 3.77. The molecule has 1 saturated carbocycles. The number of nitrogens with zero attached hydrogens (tertiary/aromatic N) is 1. The van der Waals surface area contributed by atoms with Crippen LogP contribution in [0.5, 0.6) is 0 Å². The Morgan fingerprint density at radius 1 is 1.53 bits per heavy atom. The minimum absolute atomic E-state index is 0.229. The van der Waals surface area contributed by atoms with E-state index < -0.39 is 5.54 Å². The van der Waals surface area contributed by atoms with Crippen LogP contribution in [0.4, 0.5) is 0 Å². The molecule has 15 heavy (non-hydrogen) atoms. The Balaban J connectivity index is 2.08. The fourth-order valence-electron chi connectivity index (χ4n) is 1.93. The average Bonchev–Trinajstić information content (AvgIpc) is 2.88. The summed E-state index contributed by atoms with van der Waals surface area (Å²) in [6.45, 7) is 0. The number of nitriles is 1. The Bertz CT molecular complexity index is 383. The van der Waals surface area contributed by atoms with Crippen LogP contribution in [0.1, 0.15) is 36.0 Å². The van der Waals surface area contributed by atoms with Crippen molar-refractivity contribution < 1.29 is 9.21 Å². The van der Waals surface area contributed by atoms with Gasteiger partial charge < -0.3 is 9.73 Å². The van der Waals surface area contributed by atoms with Crippen molar-refractivity contribution in [3.8, 4) is 6.07 Å². The summed E-state index contributed by atoms with van der Waals surface area (Å²) < 4.78 is 4.82. The van der Waals surface area contributed by atoms with Crippen molar-refractivity contribution in [1.82, 2.24) is 5.32 Å². The maximum atomic E-state index is 11.7. The monoisotopic (exact) mass is 204 g/mol. The first-order valence-electron chi connectivity index (χ1n) is 5.02. The third-order valence-corrected chi connectivity index (χ3v) is 2.81. The molecule has 1 aliphatic rings. The first-order chi connectivity index (χ1) is 7.26. The fraction of sp³-hybridized carbons (Fsp3) is 0.455. The molecule has 4 nitrogen and oxygen atoms in total. The van der Waals surface area contributed by atoms with E-state index in [0.29, 0.717) is 5.56 Å². The Labute approximate surface area is 87.9 Å². The number of nitrogens with one attached hydrogen (secondary N) is 1. The fourth-order valence-corrected chi connectivity index (χ4v) is 1.93. The molecule has 1 heterocycles. The number of amides is 1. The lowest BCUT2D eigenvalue weighted by atomic mass is 9.99. The summed E-state index contributed by atoms with van der Waals surface area (Å²) >= 11 is 0. The van der Waals surface area contributed by atoms with Crippen LogP contribution in [0.15, 0.2) is 23.0 Å². The molecule has 4 heteroatoms. The molecule has 0 radical (unpaired) electrons. The highest BCUT2D eigenvalue weighted by molar-refractivity contribution is 5.94. The topological polar surface area (TPSA) is 66.0 Å². The Hall–Kier alpha value is -1.76. The van der Waals surface area contributed by atoms with Gasteiger partial charge in [0.05, 0.1) is 17.9 Å². The van der Waals surface area contributed by atoms with Gasteiger partial charge in [-0.1, -0.05) is 0 Å². The van der Waals surface area contributed by atoms with Crippen molar-refractivity contribution in [3.05, 3.63) is 24.2 Å². The van der Waals surface area contributed by atoms with E-state index in [1.165, 1.54) is 12.5 Å². The van der Waals surface area contributed by atoms with E-state index in [-0.39, 0.29) is 5.91 Å². The number of hydrogen-bond acceptors (Lipinski definition) is 3. The summed E-state index contributed by atoms with van der Waals surface area (Å²) in [5.41, 5.74) is -0.189. The van der Waals surface area contributed by atoms with Gasteiger partial charge in [0, 0.05) is 0 Å². The molecule has 0 bridgehead atoms. The maximum Gasteiger partial charge on any atom is 0.255 e. The quantitative estimate of drug-likeness (QED) is 0.799. The van der Waals surface area contributed by atoms with Gasteiger partial charge in [-0.05, 0) is 31.7 Å². The third kappa shape index (κ3) is 1.86. The van der Waals surface area contributed by atoms with Crippen molar-refractivity contribution in [1.29, 1.82) is 5.26 Å². The van der Waals surface area contributed by atoms with Gasteiger partial charge in [0.2, 0.25) is 0 Å². The smallest absolute Gasteiger partial charge is 0.255 e. The van der Waals surface area contributed by atoms with Gasteiger partial charge >= 0.3 is 0 Å². The molecule has 0 atom stereocenters. The molecule has 78 valence electrons. The van der Waals surface area contributed by atoms with E-state index in [4.69, 9.17) is 9.68 Å². The molecule has 0 saturated heterocycles. The van der Waals surface area contributed by atoms with Crippen LogP contribution in [-0.4, -0.2) is 11.4 Å². The maximum absolute atomic E-state index is 11.7. The Morgan fingerprint density at radius 2 is 2.27 bits per heavy atom. The summed E-state index contributed by atoms with van der Waals surface area (Å²) in [6.07, 6.45) is 6.32. The summed E-state index contributed by atoms with van der Waals surface area (Å²) in [7, 11) is 0. The highest BCUT2D eigenvalue weighted by Gasteiger charge is 2.35. The molecule has 0 aliphatic heterocycles. The zero-order valence-corrected chi connectivity index (χ0v) is 8.32. The van der Waals surface area contributed by atoms with Crippen LogP contribution in [0.25, 0.3) is 0 Å². The zero-order valence-electron chi connectivity index (χ0n) is 8.32. The van der Waals surface area contributed by atoms with Crippen molar-refractivity contribution in [2.45, 2.75) is 31.2 Å². The summed E-state index contributed by atoms with van der Waals surface area (Å²) in [6, 6.07) is 3.80. The number of carbonyl (C=O) groups excluding carboxylic acids is 1. The van der Waals surface area contributed by atoms with Crippen LogP contribution in [-0.2, 0) is 0 Å². The SMILES string of the molecule is N#CC1(NC(=O)c2ccoc2)CCCC1. The average molecular weight is 204 g/mol. The lowest BCUT2D eigenvalue weighted by Crippen LogP contribution is -2.44. The second-order valence-electron chi connectivity index (χ2n) is 3.87. The first kappa shape index (κ1) is 9.78.